The molecule has 0 aromatic heterocycles. The summed E-state index contributed by atoms with van der Waals surface area (Å²) in [6.45, 7) is -1.22. The van der Waals surface area contributed by atoms with E-state index in [9.17, 15) is 22.0 Å². The molecule has 11 heteroatoms. The number of urea groups is 1. The molecule has 174 valence electrons. The van der Waals surface area contributed by atoms with Crippen LogP contribution in [0.5, 0.6) is 11.5 Å². The zero-order valence-corrected chi connectivity index (χ0v) is 18.4. The van der Waals surface area contributed by atoms with Crippen molar-refractivity contribution in [2.45, 2.75) is 49.8 Å². The van der Waals surface area contributed by atoms with Gasteiger partial charge in [0.1, 0.15) is 11.5 Å². The predicted octanol–water partition coefficient (Wildman–Crippen LogP) is 4.01. The van der Waals surface area contributed by atoms with Gasteiger partial charge in [0.15, 0.2) is 0 Å². The van der Waals surface area contributed by atoms with Gasteiger partial charge in [-0.05, 0) is 43.5 Å². The van der Waals surface area contributed by atoms with E-state index >= 15 is 0 Å². The smallest absolute Gasteiger partial charge is 0.387 e. The zero-order chi connectivity index (χ0) is 23.3. The van der Waals surface area contributed by atoms with Crippen LogP contribution in [-0.2, 0) is 10.0 Å². The molecule has 1 atom stereocenters. The molecule has 8 nitrogen and oxygen atoms in total. The molecule has 1 aliphatic carbocycles. The van der Waals surface area contributed by atoms with Gasteiger partial charge in [-0.2, -0.15) is 8.78 Å². The summed E-state index contributed by atoms with van der Waals surface area (Å²) in [5.41, 5.74) is 0.540. The Morgan fingerprint density at radius 2 is 1.88 bits per heavy atom. The van der Waals surface area contributed by atoms with Crippen LogP contribution in [0, 0.1) is 0 Å². The first-order valence-corrected chi connectivity index (χ1v) is 11.5. The molecule has 0 spiro atoms. The molecule has 2 aromatic rings. The Morgan fingerprint density at radius 3 is 2.50 bits per heavy atom. The van der Waals surface area contributed by atoms with Crippen LogP contribution < -0.4 is 24.8 Å². The minimum absolute atomic E-state index is 0.0109. The summed E-state index contributed by atoms with van der Waals surface area (Å²) in [6.07, 6.45) is 1.98. The Balaban J connectivity index is 1.78. The van der Waals surface area contributed by atoms with E-state index < -0.39 is 28.7 Å². The van der Waals surface area contributed by atoms with Gasteiger partial charge < -0.3 is 20.1 Å². The van der Waals surface area contributed by atoms with Gasteiger partial charge in [0.2, 0.25) is 10.0 Å². The van der Waals surface area contributed by atoms with Gasteiger partial charge >= 0.3 is 12.6 Å². The number of carbonyl (C=O) groups excluding carboxylic acids is 1. The first-order chi connectivity index (χ1) is 15.2. The second-order valence-electron chi connectivity index (χ2n) is 7.23. The number of sulfonamides is 1. The molecule has 0 heterocycles. The van der Waals surface area contributed by atoms with Crippen LogP contribution in [0.3, 0.4) is 0 Å². The van der Waals surface area contributed by atoms with Gasteiger partial charge in [0.25, 0.3) is 0 Å². The standard InChI is InChI=1S/C21H25F2N3O5S/c1-3-16(15-6-4-5-7-18(15)31-20(22)23)24-21(27)25-17-12-14(10-11-19(17)30-2)32(28,29)26-13-8-9-13/h4-7,10-13,16,20,26H,3,8-9H2,1-2H3,(H2,24,25,27). The maximum absolute atomic E-state index is 12.7. The Morgan fingerprint density at radius 1 is 1.16 bits per heavy atom. The van der Waals surface area contributed by atoms with Gasteiger partial charge in [-0.1, -0.05) is 25.1 Å². The Bertz CT molecular complexity index is 1060. The molecule has 1 fully saturated rings. The fourth-order valence-corrected chi connectivity index (χ4v) is 4.46. The summed E-state index contributed by atoms with van der Waals surface area (Å²) in [5.74, 6) is 0.228. The van der Waals surface area contributed by atoms with Crippen molar-refractivity contribution in [1.29, 1.82) is 0 Å². The number of rotatable bonds is 10. The molecule has 2 aromatic carbocycles. The average molecular weight is 470 g/mol. The maximum Gasteiger partial charge on any atom is 0.387 e. The summed E-state index contributed by atoms with van der Waals surface area (Å²) >= 11 is 0. The largest absolute Gasteiger partial charge is 0.495 e. The van der Waals surface area contributed by atoms with Crippen LogP contribution in [0.2, 0.25) is 0 Å². The van der Waals surface area contributed by atoms with Crippen molar-refractivity contribution in [2.75, 3.05) is 12.4 Å². The molecule has 0 aliphatic heterocycles. The van der Waals surface area contributed by atoms with Crippen LogP contribution in [0.25, 0.3) is 0 Å². The molecular weight excluding hydrogens is 444 g/mol. The lowest BCUT2D eigenvalue weighted by Gasteiger charge is -2.21. The number of anilines is 1. The van der Waals surface area contributed by atoms with E-state index in [2.05, 4.69) is 20.1 Å². The number of hydrogen-bond donors (Lipinski definition) is 3. The van der Waals surface area contributed by atoms with Crippen LogP contribution in [0.4, 0.5) is 19.3 Å². The highest BCUT2D eigenvalue weighted by molar-refractivity contribution is 7.89. The number of ether oxygens (including phenoxy) is 2. The third kappa shape index (κ3) is 6.07. The number of hydrogen-bond acceptors (Lipinski definition) is 5. The van der Waals surface area contributed by atoms with Crippen molar-refractivity contribution < 1.29 is 31.5 Å². The number of halogens is 2. The number of amides is 2. The van der Waals surface area contributed by atoms with E-state index in [1.165, 1.54) is 31.4 Å². The zero-order valence-electron chi connectivity index (χ0n) is 17.6. The minimum Gasteiger partial charge on any atom is -0.495 e. The van der Waals surface area contributed by atoms with Crippen molar-refractivity contribution in [3.63, 3.8) is 0 Å². The predicted molar refractivity (Wildman–Crippen MR) is 115 cm³/mol. The van der Waals surface area contributed by atoms with E-state index in [0.717, 1.165) is 12.8 Å². The molecule has 2 amide bonds. The Hall–Kier alpha value is -2.92. The highest BCUT2D eigenvalue weighted by Gasteiger charge is 2.28. The van der Waals surface area contributed by atoms with Crippen LogP contribution in [-0.4, -0.2) is 34.2 Å². The molecule has 0 radical (unpaired) electrons. The fourth-order valence-electron chi connectivity index (χ4n) is 3.13. The molecule has 1 aliphatic rings. The van der Waals surface area contributed by atoms with Gasteiger partial charge in [-0.25, -0.2) is 17.9 Å². The third-order valence-electron chi connectivity index (χ3n) is 4.85. The van der Waals surface area contributed by atoms with Crippen molar-refractivity contribution in [3.8, 4) is 11.5 Å². The van der Waals surface area contributed by atoms with Crippen molar-refractivity contribution in [3.05, 3.63) is 48.0 Å². The lowest BCUT2D eigenvalue weighted by molar-refractivity contribution is -0.0506. The Kier molecular flexibility index (Phi) is 7.52. The quantitative estimate of drug-likeness (QED) is 0.488. The minimum atomic E-state index is -3.73. The van der Waals surface area contributed by atoms with E-state index in [-0.39, 0.29) is 28.1 Å². The number of nitrogens with one attached hydrogen (secondary N) is 3. The summed E-state index contributed by atoms with van der Waals surface area (Å²) in [6, 6.07) is 8.98. The number of para-hydroxylation sites is 1. The average Bonchev–Trinajstić information content (AvgIpc) is 3.55. The van der Waals surface area contributed by atoms with Crippen molar-refractivity contribution in [2.24, 2.45) is 0 Å². The van der Waals surface area contributed by atoms with Crippen LogP contribution in [0.15, 0.2) is 47.4 Å². The van der Waals surface area contributed by atoms with E-state index in [4.69, 9.17) is 4.74 Å². The third-order valence-corrected chi connectivity index (χ3v) is 6.37. The van der Waals surface area contributed by atoms with Gasteiger partial charge in [0, 0.05) is 11.6 Å². The monoisotopic (exact) mass is 469 g/mol. The lowest BCUT2D eigenvalue weighted by atomic mass is 10.0. The summed E-state index contributed by atoms with van der Waals surface area (Å²) in [4.78, 5) is 12.7. The number of carbonyl (C=O) groups is 1. The highest BCUT2D eigenvalue weighted by atomic mass is 32.2. The summed E-state index contributed by atoms with van der Waals surface area (Å²) in [7, 11) is -2.34. The van der Waals surface area contributed by atoms with Crippen molar-refractivity contribution in [1.82, 2.24) is 10.0 Å². The molecule has 1 unspecified atom stereocenters. The summed E-state index contributed by atoms with van der Waals surface area (Å²) < 4.78 is 62.8. The van der Waals surface area contributed by atoms with E-state index in [0.29, 0.717) is 12.0 Å². The molecule has 3 rings (SSSR count). The van der Waals surface area contributed by atoms with E-state index in [1.807, 2.05) is 0 Å². The summed E-state index contributed by atoms with van der Waals surface area (Å²) in [5, 5.41) is 5.28. The van der Waals surface area contributed by atoms with Crippen LogP contribution >= 0.6 is 0 Å². The first-order valence-electron chi connectivity index (χ1n) is 10.0. The number of benzene rings is 2. The fraction of sp³-hybridized carbons (Fsp3) is 0.381. The molecule has 0 saturated heterocycles. The van der Waals surface area contributed by atoms with Gasteiger partial charge in [-0.15, -0.1) is 0 Å². The highest BCUT2D eigenvalue weighted by Crippen LogP contribution is 2.31. The lowest BCUT2D eigenvalue weighted by Crippen LogP contribution is -2.33. The molecule has 1 saturated carbocycles. The Labute approximate surface area is 185 Å². The molecular formula is C21H25F2N3O5S. The number of methoxy groups -OCH3 is 1. The topological polar surface area (TPSA) is 106 Å². The van der Waals surface area contributed by atoms with Crippen molar-refractivity contribution >= 4 is 21.7 Å². The number of alkyl halides is 2. The van der Waals surface area contributed by atoms with Crippen LogP contribution in [0.1, 0.15) is 37.8 Å². The first kappa shape index (κ1) is 23.7. The van der Waals surface area contributed by atoms with Gasteiger partial charge in [0.05, 0.1) is 23.7 Å². The molecule has 0 bridgehead atoms. The molecule has 3 N–H and O–H groups in total. The second-order valence-corrected chi connectivity index (χ2v) is 8.95. The maximum atomic E-state index is 12.7. The second kappa shape index (κ2) is 10.1. The SMILES string of the molecule is CCC(NC(=O)Nc1cc(S(=O)(=O)NC2CC2)ccc1OC)c1ccccc1OC(F)F. The van der Waals surface area contributed by atoms with E-state index in [1.54, 1.807) is 25.1 Å². The van der Waals surface area contributed by atoms with Gasteiger partial charge in [-0.3, -0.25) is 0 Å². The normalized spacial score (nSPS) is 14.7. The molecule has 32 heavy (non-hydrogen) atoms.